The van der Waals surface area contributed by atoms with E-state index in [0.29, 0.717) is 16.0 Å². The van der Waals surface area contributed by atoms with Crippen molar-refractivity contribution in [2.45, 2.75) is 18.9 Å². The normalized spacial score (nSPS) is 30.5. The highest BCUT2D eigenvalue weighted by atomic mass is 79.9. The summed E-state index contributed by atoms with van der Waals surface area (Å²) in [6.45, 7) is 1.99. The highest BCUT2D eigenvalue weighted by Crippen LogP contribution is 2.51. The maximum Gasteiger partial charge on any atom is 0.159 e. The van der Waals surface area contributed by atoms with Crippen LogP contribution in [0.25, 0.3) is 0 Å². The van der Waals surface area contributed by atoms with Gasteiger partial charge in [0, 0.05) is 10.0 Å². The van der Waals surface area contributed by atoms with Crippen molar-refractivity contribution in [1.82, 2.24) is 0 Å². The molecule has 0 aliphatic heterocycles. The van der Waals surface area contributed by atoms with Crippen LogP contribution in [0.2, 0.25) is 0 Å². The van der Waals surface area contributed by atoms with Crippen LogP contribution in [0.1, 0.15) is 18.9 Å². The van der Waals surface area contributed by atoms with Crippen LogP contribution >= 0.6 is 15.9 Å². The van der Waals surface area contributed by atoms with Crippen molar-refractivity contribution in [2.24, 2.45) is 11.7 Å². The molecule has 4 heteroatoms. The SMILES string of the molecule is CC1CC1(N)c1cc(F)c(F)cc1Br. The first-order valence-electron chi connectivity index (χ1n) is 4.39. The highest BCUT2D eigenvalue weighted by molar-refractivity contribution is 9.10. The van der Waals surface area contributed by atoms with Gasteiger partial charge in [0.2, 0.25) is 0 Å². The van der Waals surface area contributed by atoms with Gasteiger partial charge in [0.1, 0.15) is 0 Å². The fraction of sp³-hybridized carbons (Fsp3) is 0.400. The lowest BCUT2D eigenvalue weighted by molar-refractivity contribution is 0.502. The Hall–Kier alpha value is -0.480. The number of hydrogen-bond donors (Lipinski definition) is 1. The zero-order chi connectivity index (χ0) is 10.5. The van der Waals surface area contributed by atoms with E-state index in [4.69, 9.17) is 5.73 Å². The Kier molecular flexibility index (Phi) is 2.16. The first kappa shape index (κ1) is 10.1. The van der Waals surface area contributed by atoms with Gasteiger partial charge in [0.25, 0.3) is 0 Å². The van der Waals surface area contributed by atoms with Gasteiger partial charge >= 0.3 is 0 Å². The van der Waals surface area contributed by atoms with E-state index in [-0.39, 0.29) is 0 Å². The molecule has 0 aromatic heterocycles. The smallest absolute Gasteiger partial charge is 0.159 e. The van der Waals surface area contributed by atoms with Gasteiger partial charge in [-0.15, -0.1) is 0 Å². The molecule has 76 valence electrons. The van der Waals surface area contributed by atoms with Gasteiger partial charge in [0.05, 0.1) is 0 Å². The molecule has 1 nitrogen and oxygen atoms in total. The van der Waals surface area contributed by atoms with E-state index in [9.17, 15) is 8.78 Å². The third kappa shape index (κ3) is 1.37. The second-order valence-corrected chi connectivity index (χ2v) is 4.75. The average molecular weight is 262 g/mol. The third-order valence-electron chi connectivity index (χ3n) is 2.87. The molecule has 14 heavy (non-hydrogen) atoms. The van der Waals surface area contributed by atoms with E-state index >= 15 is 0 Å². The molecule has 1 aromatic carbocycles. The number of benzene rings is 1. The lowest BCUT2D eigenvalue weighted by Gasteiger charge is -2.13. The summed E-state index contributed by atoms with van der Waals surface area (Å²) in [5, 5.41) is 0. The summed E-state index contributed by atoms with van der Waals surface area (Å²) >= 11 is 3.20. The van der Waals surface area contributed by atoms with E-state index < -0.39 is 17.2 Å². The molecule has 0 spiro atoms. The zero-order valence-corrected chi connectivity index (χ0v) is 9.24. The van der Waals surface area contributed by atoms with Crippen LogP contribution in [0, 0.1) is 17.6 Å². The largest absolute Gasteiger partial charge is 0.321 e. The van der Waals surface area contributed by atoms with Crippen LogP contribution in [0.5, 0.6) is 0 Å². The van der Waals surface area contributed by atoms with Crippen LogP contribution in [0.3, 0.4) is 0 Å². The predicted octanol–water partition coefficient (Wildman–Crippen LogP) is 2.92. The molecular weight excluding hydrogens is 252 g/mol. The van der Waals surface area contributed by atoms with Crippen LogP contribution in [0.4, 0.5) is 8.78 Å². The van der Waals surface area contributed by atoms with Gasteiger partial charge < -0.3 is 5.73 Å². The topological polar surface area (TPSA) is 26.0 Å². The Balaban J connectivity index is 2.50. The first-order chi connectivity index (χ1) is 6.45. The second kappa shape index (κ2) is 3.00. The molecule has 1 aromatic rings. The average Bonchev–Trinajstić information content (AvgIpc) is 2.68. The van der Waals surface area contributed by atoms with E-state index in [1.54, 1.807) is 0 Å². The summed E-state index contributed by atoms with van der Waals surface area (Å²) in [5.41, 5.74) is 6.19. The quantitative estimate of drug-likeness (QED) is 0.774. The van der Waals surface area contributed by atoms with E-state index in [0.717, 1.165) is 12.5 Å². The molecule has 1 fully saturated rings. The van der Waals surface area contributed by atoms with E-state index in [2.05, 4.69) is 15.9 Å². The summed E-state index contributed by atoms with van der Waals surface area (Å²) < 4.78 is 26.4. The van der Waals surface area contributed by atoms with Crippen LogP contribution in [-0.4, -0.2) is 0 Å². The molecule has 1 saturated carbocycles. The Morgan fingerprint density at radius 2 is 1.93 bits per heavy atom. The van der Waals surface area contributed by atoms with Crippen molar-refractivity contribution in [3.8, 4) is 0 Å². The van der Waals surface area contributed by atoms with Gasteiger partial charge in [-0.2, -0.15) is 0 Å². The Bertz CT molecular complexity index is 394. The van der Waals surface area contributed by atoms with Gasteiger partial charge in [-0.3, -0.25) is 0 Å². The Morgan fingerprint density at radius 1 is 1.43 bits per heavy atom. The summed E-state index contributed by atoms with van der Waals surface area (Å²) in [6, 6.07) is 2.31. The molecule has 2 rings (SSSR count). The van der Waals surface area contributed by atoms with Crippen LogP contribution in [0.15, 0.2) is 16.6 Å². The van der Waals surface area contributed by atoms with Crippen molar-refractivity contribution in [3.63, 3.8) is 0 Å². The Morgan fingerprint density at radius 3 is 2.43 bits per heavy atom. The summed E-state index contributed by atoms with van der Waals surface area (Å²) in [4.78, 5) is 0. The third-order valence-corrected chi connectivity index (χ3v) is 3.53. The standard InChI is InChI=1S/C10H10BrF2N/c1-5-4-10(5,14)6-2-8(12)9(13)3-7(6)11/h2-3,5H,4,14H2,1H3. The first-order valence-corrected chi connectivity index (χ1v) is 5.18. The minimum absolute atomic E-state index is 0.323. The van der Waals surface area contributed by atoms with Gasteiger partial charge in [0.15, 0.2) is 11.6 Å². The lowest BCUT2D eigenvalue weighted by atomic mass is 10.0. The molecular formula is C10H10BrF2N. The molecule has 2 N–H and O–H groups in total. The minimum atomic E-state index is -0.850. The zero-order valence-electron chi connectivity index (χ0n) is 7.65. The highest BCUT2D eigenvalue weighted by Gasteiger charge is 2.50. The summed E-state index contributed by atoms with van der Waals surface area (Å²) in [7, 11) is 0. The molecule has 0 amide bonds. The fourth-order valence-corrected chi connectivity index (χ4v) is 2.39. The number of hydrogen-bond acceptors (Lipinski definition) is 1. The minimum Gasteiger partial charge on any atom is -0.321 e. The van der Waals surface area contributed by atoms with Crippen LogP contribution in [-0.2, 0) is 5.54 Å². The molecule has 1 aliphatic rings. The molecule has 0 saturated heterocycles. The predicted molar refractivity (Wildman–Crippen MR) is 53.7 cm³/mol. The number of nitrogens with two attached hydrogens (primary N) is 1. The second-order valence-electron chi connectivity index (χ2n) is 3.89. The van der Waals surface area contributed by atoms with Crippen molar-refractivity contribution in [1.29, 1.82) is 0 Å². The van der Waals surface area contributed by atoms with Gasteiger partial charge in [-0.05, 0) is 30.0 Å². The van der Waals surface area contributed by atoms with E-state index in [1.807, 2.05) is 6.92 Å². The van der Waals surface area contributed by atoms with Crippen molar-refractivity contribution < 1.29 is 8.78 Å². The molecule has 0 radical (unpaired) electrons. The van der Waals surface area contributed by atoms with Crippen molar-refractivity contribution in [2.75, 3.05) is 0 Å². The summed E-state index contributed by atoms with van der Waals surface area (Å²) in [6.07, 6.45) is 0.816. The molecule has 0 heterocycles. The van der Waals surface area contributed by atoms with Gasteiger partial charge in [-0.1, -0.05) is 22.9 Å². The molecule has 2 atom stereocenters. The number of rotatable bonds is 1. The number of halogens is 3. The summed E-state index contributed by atoms with van der Waals surface area (Å²) in [5.74, 6) is -1.37. The van der Waals surface area contributed by atoms with Crippen molar-refractivity contribution >= 4 is 15.9 Å². The maximum atomic E-state index is 13.0. The maximum absolute atomic E-state index is 13.0. The Labute approximate surface area is 89.4 Å². The fourth-order valence-electron chi connectivity index (χ4n) is 1.70. The monoisotopic (exact) mass is 261 g/mol. The van der Waals surface area contributed by atoms with E-state index in [1.165, 1.54) is 6.07 Å². The molecule has 1 aliphatic carbocycles. The van der Waals surface area contributed by atoms with Crippen molar-refractivity contribution in [3.05, 3.63) is 33.8 Å². The van der Waals surface area contributed by atoms with Crippen LogP contribution < -0.4 is 5.73 Å². The molecule has 0 bridgehead atoms. The lowest BCUT2D eigenvalue weighted by Crippen LogP contribution is -2.22. The molecule has 2 unspecified atom stereocenters. The van der Waals surface area contributed by atoms with Gasteiger partial charge in [-0.25, -0.2) is 8.78 Å².